The molecule has 1 heterocycles. The van der Waals surface area contributed by atoms with E-state index in [1.807, 2.05) is 0 Å². The fourth-order valence-corrected chi connectivity index (χ4v) is 2.91. The fourth-order valence-electron chi connectivity index (χ4n) is 2.91. The summed E-state index contributed by atoms with van der Waals surface area (Å²) in [6, 6.07) is 12.2. The Hall–Kier alpha value is -4.21. The molecule has 0 radical (unpaired) electrons. The van der Waals surface area contributed by atoms with Crippen molar-refractivity contribution in [1.82, 2.24) is 10.5 Å². The number of urea groups is 1. The number of rotatable bonds is 7. The molecule has 33 heavy (non-hydrogen) atoms. The van der Waals surface area contributed by atoms with Crippen LogP contribution in [-0.4, -0.2) is 36.2 Å². The Morgan fingerprint density at radius 3 is 2.09 bits per heavy atom. The lowest BCUT2D eigenvalue weighted by Gasteiger charge is -2.18. The van der Waals surface area contributed by atoms with Crippen LogP contribution in [0.5, 0.6) is 0 Å². The maximum absolute atomic E-state index is 12.9. The largest absolute Gasteiger partial charge is 0.467 e. The molecule has 0 unspecified atom stereocenters. The van der Waals surface area contributed by atoms with E-state index in [1.54, 1.807) is 38.1 Å². The van der Waals surface area contributed by atoms with Crippen molar-refractivity contribution < 1.29 is 28.0 Å². The zero-order valence-electron chi connectivity index (χ0n) is 18.2. The molecule has 1 atom stereocenters. The van der Waals surface area contributed by atoms with Crippen LogP contribution in [0.2, 0.25) is 0 Å². The Bertz CT molecular complexity index is 1130. The number of hydrogen-bond donors (Lipinski definition) is 3. The van der Waals surface area contributed by atoms with Crippen LogP contribution in [0.25, 0.3) is 11.3 Å². The number of carbonyl (C=O) groups excluding carboxylic acids is 3. The van der Waals surface area contributed by atoms with Crippen molar-refractivity contribution in [3.63, 3.8) is 0 Å². The van der Waals surface area contributed by atoms with Crippen molar-refractivity contribution in [1.29, 1.82) is 0 Å². The van der Waals surface area contributed by atoms with Gasteiger partial charge < -0.3 is 25.2 Å². The van der Waals surface area contributed by atoms with Crippen LogP contribution in [-0.2, 0) is 9.53 Å². The van der Waals surface area contributed by atoms with Crippen molar-refractivity contribution in [2.24, 2.45) is 5.92 Å². The lowest BCUT2D eigenvalue weighted by atomic mass is 10.0. The molecule has 3 N–H and O–H groups in total. The first kappa shape index (κ1) is 23.5. The molecule has 1 aromatic heterocycles. The van der Waals surface area contributed by atoms with E-state index >= 15 is 0 Å². The Balaban J connectivity index is 1.62. The van der Waals surface area contributed by atoms with Gasteiger partial charge >= 0.3 is 12.0 Å². The van der Waals surface area contributed by atoms with E-state index in [4.69, 9.17) is 9.26 Å². The number of aromatic nitrogens is 1. The van der Waals surface area contributed by atoms with E-state index in [0.717, 1.165) is 0 Å². The van der Waals surface area contributed by atoms with Crippen molar-refractivity contribution in [3.8, 4) is 11.3 Å². The highest BCUT2D eigenvalue weighted by molar-refractivity contribution is 6.00. The minimum Gasteiger partial charge on any atom is -0.467 e. The second-order valence-corrected chi connectivity index (χ2v) is 7.46. The molecule has 0 aliphatic heterocycles. The number of benzene rings is 2. The van der Waals surface area contributed by atoms with Gasteiger partial charge in [-0.2, -0.15) is 0 Å². The number of amides is 3. The molecule has 3 aromatic rings. The quantitative estimate of drug-likeness (QED) is 0.463. The summed E-state index contributed by atoms with van der Waals surface area (Å²) in [7, 11) is 1.25. The van der Waals surface area contributed by atoms with Crippen LogP contribution in [0.15, 0.2) is 59.1 Å². The third-order valence-corrected chi connectivity index (χ3v) is 4.68. The molecule has 2 aromatic carbocycles. The molecule has 0 saturated heterocycles. The van der Waals surface area contributed by atoms with Gasteiger partial charge in [0.1, 0.15) is 17.6 Å². The van der Waals surface area contributed by atoms with Crippen LogP contribution >= 0.6 is 0 Å². The third-order valence-electron chi connectivity index (χ3n) is 4.68. The molecule has 3 rings (SSSR count). The summed E-state index contributed by atoms with van der Waals surface area (Å²) in [5.41, 5.74) is 2.01. The molecule has 0 spiro atoms. The summed E-state index contributed by atoms with van der Waals surface area (Å²) in [6.07, 6.45) is 0. The number of esters is 1. The molecule has 3 amide bonds. The minimum atomic E-state index is -0.817. The summed E-state index contributed by atoms with van der Waals surface area (Å²) in [5, 5.41) is 11.7. The van der Waals surface area contributed by atoms with Crippen LogP contribution in [0, 0.1) is 11.7 Å². The highest BCUT2D eigenvalue weighted by atomic mass is 19.1. The Morgan fingerprint density at radius 2 is 1.55 bits per heavy atom. The topological polar surface area (TPSA) is 123 Å². The average Bonchev–Trinajstić information content (AvgIpc) is 3.29. The van der Waals surface area contributed by atoms with E-state index in [0.29, 0.717) is 22.6 Å². The zero-order valence-corrected chi connectivity index (χ0v) is 18.2. The van der Waals surface area contributed by atoms with Crippen LogP contribution < -0.4 is 16.0 Å². The molecular formula is C23H23FN4O5. The van der Waals surface area contributed by atoms with Crippen molar-refractivity contribution >= 4 is 29.3 Å². The first-order chi connectivity index (χ1) is 15.8. The summed E-state index contributed by atoms with van der Waals surface area (Å²) >= 11 is 0. The number of nitrogens with zero attached hydrogens (tertiary/aromatic N) is 1. The van der Waals surface area contributed by atoms with E-state index in [1.165, 1.54) is 37.4 Å². The average molecular weight is 454 g/mol. The van der Waals surface area contributed by atoms with Gasteiger partial charge in [0.25, 0.3) is 5.91 Å². The van der Waals surface area contributed by atoms with Gasteiger partial charge in [0, 0.05) is 23.0 Å². The highest BCUT2D eigenvalue weighted by Gasteiger charge is 2.27. The lowest BCUT2D eigenvalue weighted by molar-refractivity contribution is -0.144. The van der Waals surface area contributed by atoms with Crippen molar-refractivity contribution in [2.75, 3.05) is 17.7 Å². The number of carbonyl (C=O) groups is 3. The van der Waals surface area contributed by atoms with Crippen LogP contribution in [0.1, 0.15) is 24.4 Å². The summed E-state index contributed by atoms with van der Waals surface area (Å²) in [6.45, 7) is 3.56. The smallest absolute Gasteiger partial charge is 0.328 e. The third kappa shape index (κ3) is 6.16. The molecule has 0 fully saturated rings. The van der Waals surface area contributed by atoms with Gasteiger partial charge in [0.2, 0.25) is 5.76 Å². The van der Waals surface area contributed by atoms with E-state index in [2.05, 4.69) is 21.1 Å². The van der Waals surface area contributed by atoms with Crippen molar-refractivity contribution in [2.45, 2.75) is 19.9 Å². The standard InChI is InChI=1S/C23H23FN4O5/c1-13(2)20(22(30)32-3)27-21(29)19-12-18(28-33-19)14-4-8-16(9-5-14)25-23(31)26-17-10-6-15(24)7-11-17/h4-13,20H,1-3H3,(H,27,29)(H2,25,26,31)/t20-/m0/s1. The van der Waals surface area contributed by atoms with E-state index in [-0.39, 0.29) is 11.7 Å². The Kier molecular flexibility index (Phi) is 7.39. The van der Waals surface area contributed by atoms with Gasteiger partial charge in [-0.3, -0.25) is 4.79 Å². The van der Waals surface area contributed by atoms with Gasteiger partial charge in [-0.15, -0.1) is 0 Å². The predicted molar refractivity (Wildman–Crippen MR) is 119 cm³/mol. The number of halogens is 1. The maximum Gasteiger partial charge on any atom is 0.328 e. The number of nitrogens with one attached hydrogen (secondary N) is 3. The van der Waals surface area contributed by atoms with Gasteiger partial charge in [0.15, 0.2) is 0 Å². The SMILES string of the molecule is COC(=O)[C@@H](NC(=O)c1cc(-c2ccc(NC(=O)Nc3ccc(F)cc3)cc2)no1)C(C)C. The van der Waals surface area contributed by atoms with Crippen LogP contribution in [0.4, 0.5) is 20.6 Å². The van der Waals surface area contributed by atoms with E-state index < -0.39 is 29.8 Å². The summed E-state index contributed by atoms with van der Waals surface area (Å²) < 4.78 is 22.8. The van der Waals surface area contributed by atoms with Gasteiger partial charge in [-0.05, 0) is 42.3 Å². The Labute approximate surface area is 189 Å². The second kappa shape index (κ2) is 10.4. The molecular weight excluding hydrogens is 431 g/mol. The predicted octanol–water partition coefficient (Wildman–Crippen LogP) is 4.05. The van der Waals surface area contributed by atoms with Gasteiger partial charge in [0.05, 0.1) is 7.11 Å². The number of hydrogen-bond acceptors (Lipinski definition) is 6. The number of anilines is 2. The maximum atomic E-state index is 12.9. The number of ether oxygens (including phenoxy) is 1. The molecule has 9 nitrogen and oxygen atoms in total. The highest BCUT2D eigenvalue weighted by Crippen LogP contribution is 2.22. The fraction of sp³-hybridized carbons (Fsp3) is 0.217. The molecule has 0 aliphatic carbocycles. The monoisotopic (exact) mass is 454 g/mol. The molecule has 0 saturated carbocycles. The van der Waals surface area contributed by atoms with Gasteiger partial charge in [-0.1, -0.05) is 31.1 Å². The minimum absolute atomic E-state index is 0.0552. The van der Waals surface area contributed by atoms with Gasteiger partial charge in [-0.25, -0.2) is 14.0 Å². The normalized spacial score (nSPS) is 11.5. The summed E-state index contributed by atoms with van der Waals surface area (Å²) in [5.74, 6) is -1.77. The first-order valence-electron chi connectivity index (χ1n) is 10.1. The second-order valence-electron chi connectivity index (χ2n) is 7.46. The molecule has 172 valence electrons. The lowest BCUT2D eigenvalue weighted by Crippen LogP contribution is -2.44. The Morgan fingerprint density at radius 1 is 0.970 bits per heavy atom. The number of methoxy groups -OCH3 is 1. The zero-order chi connectivity index (χ0) is 24.0. The first-order valence-corrected chi connectivity index (χ1v) is 10.1. The van der Waals surface area contributed by atoms with Crippen LogP contribution in [0.3, 0.4) is 0 Å². The molecule has 0 bridgehead atoms. The molecule has 10 heteroatoms. The van der Waals surface area contributed by atoms with Crippen molar-refractivity contribution in [3.05, 3.63) is 66.2 Å². The molecule has 0 aliphatic rings. The van der Waals surface area contributed by atoms with E-state index in [9.17, 15) is 18.8 Å². The summed E-state index contributed by atoms with van der Waals surface area (Å²) in [4.78, 5) is 36.4.